The molecule has 2 N–H and O–H groups in total. The maximum atomic E-state index is 12.7. The Hall–Kier alpha value is -2.20. The Morgan fingerprint density at radius 3 is 2.48 bits per heavy atom. The van der Waals surface area contributed by atoms with Crippen LogP contribution < -0.4 is 5.73 Å². The van der Waals surface area contributed by atoms with Gasteiger partial charge in [0.2, 0.25) is 5.91 Å². The second-order valence-electron chi connectivity index (χ2n) is 4.87. The summed E-state index contributed by atoms with van der Waals surface area (Å²) in [4.78, 5) is 18.8. The zero-order valence-corrected chi connectivity index (χ0v) is 12.3. The van der Waals surface area contributed by atoms with Gasteiger partial charge in [-0.15, -0.1) is 0 Å². The Labute approximate surface area is 125 Å². The first kappa shape index (κ1) is 15.2. The topological polar surface area (TPSA) is 59.2 Å². The molecule has 4 nitrogen and oxygen atoms in total. The third kappa shape index (κ3) is 3.89. The number of hydrogen-bond acceptors (Lipinski definition) is 3. The van der Waals surface area contributed by atoms with Gasteiger partial charge in [-0.3, -0.25) is 9.78 Å². The maximum absolute atomic E-state index is 12.7. The number of amides is 1. The van der Waals surface area contributed by atoms with Crippen molar-refractivity contribution >= 4 is 5.91 Å². The van der Waals surface area contributed by atoms with E-state index < -0.39 is 0 Å². The predicted octanol–water partition coefficient (Wildman–Crippen LogP) is 2.17. The Morgan fingerprint density at radius 1 is 1.19 bits per heavy atom. The van der Waals surface area contributed by atoms with Crippen LogP contribution in [0.4, 0.5) is 0 Å². The van der Waals surface area contributed by atoms with Crippen molar-refractivity contribution in [2.24, 2.45) is 5.73 Å². The number of carbonyl (C=O) groups is 1. The van der Waals surface area contributed by atoms with Crippen molar-refractivity contribution in [3.05, 3.63) is 66.0 Å². The molecule has 0 aliphatic rings. The predicted molar refractivity (Wildman–Crippen MR) is 83.6 cm³/mol. The van der Waals surface area contributed by atoms with Crippen molar-refractivity contribution in [2.75, 3.05) is 13.1 Å². The molecular weight excluding hydrogens is 262 g/mol. The molecule has 21 heavy (non-hydrogen) atoms. The largest absolute Gasteiger partial charge is 0.337 e. The van der Waals surface area contributed by atoms with Crippen molar-refractivity contribution in [3.63, 3.8) is 0 Å². The van der Waals surface area contributed by atoms with Crippen molar-refractivity contribution in [1.29, 1.82) is 0 Å². The number of aromatic nitrogens is 1. The van der Waals surface area contributed by atoms with E-state index in [1.807, 2.05) is 55.5 Å². The molecule has 1 aromatic heterocycles. The summed E-state index contributed by atoms with van der Waals surface area (Å²) in [5, 5.41) is 0. The van der Waals surface area contributed by atoms with Gasteiger partial charge in [0.25, 0.3) is 0 Å². The first-order chi connectivity index (χ1) is 10.3. The van der Waals surface area contributed by atoms with Crippen molar-refractivity contribution in [3.8, 4) is 0 Å². The summed E-state index contributed by atoms with van der Waals surface area (Å²) in [6.07, 6.45) is 1.74. The summed E-state index contributed by atoms with van der Waals surface area (Å²) < 4.78 is 0. The molecule has 0 saturated carbocycles. The average molecular weight is 283 g/mol. The average Bonchev–Trinajstić information content (AvgIpc) is 2.55. The van der Waals surface area contributed by atoms with Gasteiger partial charge in [0, 0.05) is 19.3 Å². The van der Waals surface area contributed by atoms with Gasteiger partial charge in [0.15, 0.2) is 0 Å². The summed E-state index contributed by atoms with van der Waals surface area (Å²) in [6.45, 7) is 3.43. The van der Waals surface area contributed by atoms with Gasteiger partial charge in [-0.25, -0.2) is 0 Å². The lowest BCUT2D eigenvalue weighted by molar-refractivity contribution is -0.133. The van der Waals surface area contributed by atoms with Gasteiger partial charge in [0.05, 0.1) is 18.2 Å². The minimum absolute atomic E-state index is 0.0526. The van der Waals surface area contributed by atoms with Gasteiger partial charge in [-0.05, 0) is 24.6 Å². The highest BCUT2D eigenvalue weighted by molar-refractivity contribution is 5.84. The summed E-state index contributed by atoms with van der Waals surface area (Å²) in [7, 11) is 0. The number of likely N-dealkylation sites (N-methyl/N-ethyl adjacent to an activating group) is 1. The second-order valence-corrected chi connectivity index (χ2v) is 4.87. The normalized spacial score (nSPS) is 11.9. The van der Waals surface area contributed by atoms with E-state index >= 15 is 0 Å². The second kappa shape index (κ2) is 7.55. The van der Waals surface area contributed by atoms with E-state index in [-0.39, 0.29) is 11.8 Å². The number of pyridine rings is 1. The Balaban J connectivity index is 2.15. The molecule has 0 fully saturated rings. The minimum atomic E-state index is -0.296. The van der Waals surface area contributed by atoms with Crippen molar-refractivity contribution in [2.45, 2.75) is 19.4 Å². The fraction of sp³-hybridized carbons (Fsp3) is 0.294. The number of nitrogens with zero attached hydrogens (tertiary/aromatic N) is 2. The molecule has 0 saturated heterocycles. The number of hydrogen-bond donors (Lipinski definition) is 1. The molecule has 110 valence electrons. The van der Waals surface area contributed by atoms with Crippen LogP contribution in [0.3, 0.4) is 0 Å². The lowest BCUT2D eigenvalue weighted by Gasteiger charge is -2.25. The van der Waals surface area contributed by atoms with Crippen LogP contribution in [0.1, 0.15) is 24.1 Å². The zero-order valence-electron chi connectivity index (χ0n) is 12.3. The van der Waals surface area contributed by atoms with Gasteiger partial charge >= 0.3 is 0 Å². The smallest absolute Gasteiger partial charge is 0.231 e. The van der Waals surface area contributed by atoms with E-state index in [9.17, 15) is 4.79 Å². The van der Waals surface area contributed by atoms with Gasteiger partial charge in [0.1, 0.15) is 0 Å². The van der Waals surface area contributed by atoms with Crippen LogP contribution >= 0.6 is 0 Å². The molecule has 1 amide bonds. The van der Waals surface area contributed by atoms with E-state index in [1.54, 1.807) is 11.1 Å². The number of rotatable bonds is 6. The van der Waals surface area contributed by atoms with Crippen LogP contribution in [0, 0.1) is 0 Å². The third-order valence-corrected chi connectivity index (χ3v) is 3.51. The highest BCUT2D eigenvalue weighted by Crippen LogP contribution is 2.18. The molecule has 0 aliphatic heterocycles. The van der Waals surface area contributed by atoms with Gasteiger partial charge in [-0.2, -0.15) is 0 Å². The van der Waals surface area contributed by atoms with Crippen molar-refractivity contribution in [1.82, 2.24) is 9.88 Å². The number of nitrogens with two attached hydrogens (primary N) is 1. The van der Waals surface area contributed by atoms with E-state index in [1.165, 1.54) is 0 Å². The fourth-order valence-electron chi connectivity index (χ4n) is 2.32. The molecule has 2 rings (SSSR count). The number of carbonyl (C=O) groups excluding carboxylic acids is 1. The molecule has 4 heteroatoms. The molecule has 1 aromatic carbocycles. The molecule has 0 radical (unpaired) electrons. The molecule has 2 aromatic rings. The standard InChI is InChI=1S/C17H21N3O/c1-2-20(13-15-10-6-7-11-19-15)17(21)16(12-18)14-8-4-3-5-9-14/h3-11,16H,2,12-13,18H2,1H3. The summed E-state index contributed by atoms with van der Waals surface area (Å²) in [5.74, 6) is -0.244. The lowest BCUT2D eigenvalue weighted by Crippen LogP contribution is -2.37. The van der Waals surface area contributed by atoms with Crippen molar-refractivity contribution < 1.29 is 4.79 Å². The van der Waals surface area contributed by atoms with Crippen LogP contribution in [-0.4, -0.2) is 28.9 Å². The Morgan fingerprint density at radius 2 is 1.90 bits per heavy atom. The van der Waals surface area contributed by atoms with Crippen LogP contribution in [0.5, 0.6) is 0 Å². The Kier molecular flexibility index (Phi) is 5.46. The highest BCUT2D eigenvalue weighted by Gasteiger charge is 2.24. The summed E-state index contributed by atoms with van der Waals surface area (Å²) in [6, 6.07) is 15.4. The number of benzene rings is 1. The molecule has 0 spiro atoms. The van der Waals surface area contributed by atoms with Crippen LogP contribution in [0.25, 0.3) is 0 Å². The van der Waals surface area contributed by atoms with E-state index in [0.717, 1.165) is 11.3 Å². The van der Waals surface area contributed by atoms with Gasteiger partial charge < -0.3 is 10.6 Å². The minimum Gasteiger partial charge on any atom is -0.337 e. The Bertz CT molecular complexity index is 557. The third-order valence-electron chi connectivity index (χ3n) is 3.51. The molecule has 1 unspecified atom stereocenters. The first-order valence-corrected chi connectivity index (χ1v) is 7.20. The quantitative estimate of drug-likeness (QED) is 0.884. The molecule has 0 aliphatic carbocycles. The monoisotopic (exact) mass is 283 g/mol. The summed E-state index contributed by atoms with van der Waals surface area (Å²) in [5.41, 5.74) is 7.68. The van der Waals surface area contributed by atoms with E-state index in [4.69, 9.17) is 5.73 Å². The molecule has 0 bridgehead atoms. The highest BCUT2D eigenvalue weighted by atomic mass is 16.2. The first-order valence-electron chi connectivity index (χ1n) is 7.20. The fourth-order valence-corrected chi connectivity index (χ4v) is 2.32. The van der Waals surface area contributed by atoms with E-state index in [2.05, 4.69) is 4.98 Å². The van der Waals surface area contributed by atoms with E-state index in [0.29, 0.717) is 19.6 Å². The molecular formula is C17H21N3O. The maximum Gasteiger partial charge on any atom is 0.231 e. The van der Waals surface area contributed by atoms with Crippen LogP contribution in [0.15, 0.2) is 54.7 Å². The van der Waals surface area contributed by atoms with Crippen LogP contribution in [-0.2, 0) is 11.3 Å². The van der Waals surface area contributed by atoms with Gasteiger partial charge in [-0.1, -0.05) is 36.4 Å². The lowest BCUT2D eigenvalue weighted by atomic mass is 9.97. The zero-order chi connectivity index (χ0) is 15.1. The molecule has 1 atom stereocenters. The SMILES string of the molecule is CCN(Cc1ccccn1)C(=O)C(CN)c1ccccc1. The van der Waals surface area contributed by atoms with Crippen LogP contribution in [0.2, 0.25) is 0 Å². The molecule has 1 heterocycles. The summed E-state index contributed by atoms with van der Waals surface area (Å²) >= 11 is 0.